The first-order valence-corrected chi connectivity index (χ1v) is 7.31. The monoisotopic (exact) mass is 224 g/mol. The van der Waals surface area contributed by atoms with Gasteiger partial charge < -0.3 is 0 Å². The van der Waals surface area contributed by atoms with Gasteiger partial charge in [-0.1, -0.05) is 0 Å². The Hall–Kier alpha value is -0.210. The Labute approximate surface area is 81.7 Å². The molecule has 5 nitrogen and oxygen atoms in total. The Morgan fingerprint density at radius 3 is 2.77 bits per heavy atom. The van der Waals surface area contributed by atoms with Crippen LogP contribution in [0.2, 0.25) is 0 Å². The van der Waals surface area contributed by atoms with Crippen molar-refractivity contribution in [2.24, 2.45) is 4.95 Å². The van der Waals surface area contributed by atoms with Crippen LogP contribution in [-0.2, 0) is 4.52 Å². The van der Waals surface area contributed by atoms with Gasteiger partial charge in [0.25, 0.3) is 0 Å². The summed E-state index contributed by atoms with van der Waals surface area (Å²) in [6.45, 7) is 3.43. The van der Waals surface area contributed by atoms with Gasteiger partial charge in [0.2, 0.25) is 0 Å². The molecule has 0 radical (unpaired) electrons. The molecule has 13 heavy (non-hydrogen) atoms. The van der Waals surface area contributed by atoms with E-state index in [1.54, 1.807) is 13.8 Å². The van der Waals surface area contributed by atoms with Crippen molar-refractivity contribution in [3.8, 4) is 6.07 Å². The Morgan fingerprint density at radius 2 is 2.38 bits per heavy atom. The molecule has 0 spiro atoms. The zero-order valence-electron chi connectivity index (χ0n) is 7.56. The number of nitroso groups, excluding NO2 is 1. The molecule has 0 amide bonds. The van der Waals surface area contributed by atoms with Gasteiger partial charge in [0.15, 0.2) is 0 Å². The van der Waals surface area contributed by atoms with Gasteiger partial charge in [0.05, 0.1) is 0 Å². The molecule has 0 fully saturated rings. The molecule has 0 aromatic carbocycles. The SMILES string of the molecule is CC(C)O[PH](O)(N=O)SCCC#N. The average molecular weight is 224 g/mol. The molecule has 0 heterocycles. The molecule has 0 aromatic heterocycles. The van der Waals surface area contributed by atoms with Crippen LogP contribution >= 0.6 is 18.5 Å². The first kappa shape index (κ1) is 12.8. The van der Waals surface area contributed by atoms with Crippen LogP contribution in [-0.4, -0.2) is 16.8 Å². The van der Waals surface area contributed by atoms with Crippen LogP contribution in [0.5, 0.6) is 0 Å². The van der Waals surface area contributed by atoms with Crippen molar-refractivity contribution in [2.75, 3.05) is 5.75 Å². The molecule has 0 aliphatic rings. The van der Waals surface area contributed by atoms with E-state index in [9.17, 15) is 9.80 Å². The second kappa shape index (κ2) is 6.28. The van der Waals surface area contributed by atoms with Gasteiger partial charge in [0, 0.05) is 0 Å². The molecule has 0 aliphatic heterocycles. The molecule has 0 aromatic rings. The van der Waals surface area contributed by atoms with E-state index in [0.717, 1.165) is 11.4 Å². The Bertz CT molecular complexity index is 209. The van der Waals surface area contributed by atoms with E-state index < -0.39 is 7.07 Å². The molecular formula is C6H13N2O3PS. The number of hydrogen-bond donors (Lipinski definition) is 1. The average Bonchev–Trinajstić information content (AvgIpc) is 2.04. The summed E-state index contributed by atoms with van der Waals surface area (Å²) in [5.41, 5.74) is 0. The molecular weight excluding hydrogens is 211 g/mol. The van der Waals surface area contributed by atoms with E-state index in [4.69, 9.17) is 9.79 Å². The fourth-order valence-corrected chi connectivity index (χ4v) is 3.90. The summed E-state index contributed by atoms with van der Waals surface area (Å²) in [5.74, 6) is 0.373. The molecule has 0 unspecified atom stereocenters. The van der Waals surface area contributed by atoms with Gasteiger partial charge in [-0.2, -0.15) is 0 Å². The summed E-state index contributed by atoms with van der Waals surface area (Å²) >= 11 is 0.947. The van der Waals surface area contributed by atoms with Gasteiger partial charge in [-0.05, 0) is 0 Å². The van der Waals surface area contributed by atoms with Crippen molar-refractivity contribution in [2.45, 2.75) is 26.4 Å². The van der Waals surface area contributed by atoms with Crippen molar-refractivity contribution in [3.63, 3.8) is 0 Å². The molecule has 0 aliphatic carbocycles. The summed E-state index contributed by atoms with van der Waals surface area (Å²) in [7, 11) is -3.49. The van der Waals surface area contributed by atoms with E-state index in [-0.39, 0.29) is 12.5 Å². The van der Waals surface area contributed by atoms with Crippen LogP contribution in [0, 0.1) is 16.2 Å². The second-order valence-electron chi connectivity index (χ2n) is 2.56. The minimum atomic E-state index is -3.49. The molecule has 0 atom stereocenters. The van der Waals surface area contributed by atoms with Gasteiger partial charge in [-0.15, -0.1) is 0 Å². The topological polar surface area (TPSA) is 82.7 Å². The maximum atomic E-state index is 10.3. The van der Waals surface area contributed by atoms with Gasteiger partial charge >= 0.3 is 81.2 Å². The van der Waals surface area contributed by atoms with Gasteiger partial charge in [-0.25, -0.2) is 0 Å². The van der Waals surface area contributed by atoms with Gasteiger partial charge in [0.1, 0.15) is 0 Å². The van der Waals surface area contributed by atoms with E-state index >= 15 is 0 Å². The predicted molar refractivity (Wildman–Crippen MR) is 55.2 cm³/mol. The zero-order chi connectivity index (χ0) is 10.3. The summed E-state index contributed by atoms with van der Waals surface area (Å²) in [6.07, 6.45) is 0.0423. The summed E-state index contributed by atoms with van der Waals surface area (Å²) in [5, 5.41) is 8.24. The Morgan fingerprint density at radius 1 is 1.77 bits per heavy atom. The fourth-order valence-electron chi connectivity index (χ4n) is 0.619. The number of hydrogen-bond acceptors (Lipinski definition) is 6. The number of nitriles is 1. The molecule has 0 rings (SSSR count). The molecule has 76 valence electrons. The quantitative estimate of drug-likeness (QED) is 0.425. The van der Waals surface area contributed by atoms with Crippen LogP contribution in [0.25, 0.3) is 0 Å². The Kier molecular flexibility index (Phi) is 6.17. The van der Waals surface area contributed by atoms with Crippen molar-refractivity contribution in [1.82, 2.24) is 0 Å². The van der Waals surface area contributed by atoms with Crippen molar-refractivity contribution < 1.29 is 9.42 Å². The molecule has 0 saturated carbocycles. The van der Waals surface area contributed by atoms with E-state index in [0.29, 0.717) is 5.75 Å². The Balaban J connectivity index is 3.97. The first-order valence-electron chi connectivity index (χ1n) is 3.79. The molecule has 7 heteroatoms. The first-order chi connectivity index (χ1) is 6.04. The third-order valence-corrected chi connectivity index (χ3v) is 5.05. The van der Waals surface area contributed by atoms with Crippen molar-refractivity contribution in [3.05, 3.63) is 4.91 Å². The number of rotatable bonds is 6. The van der Waals surface area contributed by atoms with E-state index in [1.807, 2.05) is 6.07 Å². The molecule has 0 saturated heterocycles. The van der Waals surface area contributed by atoms with Crippen LogP contribution in [0.1, 0.15) is 20.3 Å². The zero-order valence-corrected chi connectivity index (χ0v) is 9.37. The third-order valence-electron chi connectivity index (χ3n) is 1.01. The van der Waals surface area contributed by atoms with E-state index in [1.165, 1.54) is 0 Å². The summed E-state index contributed by atoms with van der Waals surface area (Å²) in [6, 6.07) is 1.91. The fraction of sp³-hybridized carbons (Fsp3) is 0.833. The minimum absolute atomic E-state index is 0.232. The van der Waals surface area contributed by atoms with Crippen LogP contribution in [0.4, 0.5) is 0 Å². The van der Waals surface area contributed by atoms with Gasteiger partial charge in [-0.3, -0.25) is 0 Å². The normalized spacial score (nSPS) is 12.5. The predicted octanol–water partition coefficient (Wildman–Crippen LogP) is 2.23. The van der Waals surface area contributed by atoms with Crippen molar-refractivity contribution >= 4 is 18.5 Å². The summed E-state index contributed by atoms with van der Waals surface area (Å²) < 4.78 is 5.00. The van der Waals surface area contributed by atoms with Crippen LogP contribution in [0.3, 0.4) is 0 Å². The second-order valence-corrected chi connectivity index (χ2v) is 7.24. The molecule has 1 N–H and O–H groups in total. The number of nitrogens with zero attached hydrogens (tertiary/aromatic N) is 2. The third kappa shape index (κ3) is 5.94. The van der Waals surface area contributed by atoms with Crippen molar-refractivity contribution in [1.29, 1.82) is 5.26 Å². The maximum absolute atomic E-state index is 10.3. The summed E-state index contributed by atoms with van der Waals surface area (Å²) in [4.78, 5) is 22.4. The van der Waals surface area contributed by atoms with Crippen LogP contribution in [0.15, 0.2) is 4.95 Å². The van der Waals surface area contributed by atoms with E-state index in [2.05, 4.69) is 4.95 Å². The van der Waals surface area contributed by atoms with Crippen LogP contribution < -0.4 is 0 Å². The molecule has 0 bridgehead atoms. The standard InChI is InChI=1S/C6H13N2O3PS/c1-6(2)11-12(10,8-9)13-5-3-4-7/h6,10,12H,3,5H2,1-2H3.